The molecule has 2 unspecified atom stereocenters. The van der Waals surface area contributed by atoms with E-state index in [9.17, 15) is 20.0 Å². The molecule has 1 aliphatic heterocycles. The molecule has 20 heavy (non-hydrogen) atoms. The number of ether oxygens (including phenoxy) is 1. The van der Waals surface area contributed by atoms with E-state index in [-0.39, 0.29) is 12.1 Å². The molecule has 0 aliphatic carbocycles. The number of carboxylic acid groups (broad SMARTS) is 1. The largest absolute Gasteiger partial charge is 0.481 e. The average molecular weight is 344 g/mol. The highest BCUT2D eigenvalue weighted by molar-refractivity contribution is 9.10. The number of nitro groups is 1. The van der Waals surface area contributed by atoms with E-state index >= 15 is 0 Å². The number of carboxylic acids is 1. The molecule has 0 spiro atoms. The molecule has 1 N–H and O–H groups in total. The fourth-order valence-corrected chi connectivity index (χ4v) is 2.91. The Hall–Kier alpha value is -1.47. The van der Waals surface area contributed by atoms with Crippen molar-refractivity contribution >= 4 is 27.6 Å². The molecule has 1 aliphatic rings. The molecule has 1 saturated heterocycles. The molecular formula is C13H14BrNO5. The SMILES string of the molecule is CC1OCCC1(Cc1ccc(Br)cc1[N+](=O)[O-])C(=O)O. The number of hydrogen-bond acceptors (Lipinski definition) is 4. The second-order valence-corrected chi connectivity index (χ2v) is 5.85. The van der Waals surface area contributed by atoms with Gasteiger partial charge in [0.05, 0.1) is 11.0 Å². The molecule has 7 heteroatoms. The van der Waals surface area contributed by atoms with E-state index in [1.165, 1.54) is 6.07 Å². The third kappa shape index (κ3) is 2.55. The maximum Gasteiger partial charge on any atom is 0.312 e. The van der Waals surface area contributed by atoms with E-state index in [1.54, 1.807) is 19.1 Å². The molecule has 1 aromatic carbocycles. The zero-order chi connectivity index (χ0) is 14.9. The lowest BCUT2D eigenvalue weighted by Gasteiger charge is -2.27. The Morgan fingerprint density at radius 2 is 2.35 bits per heavy atom. The first-order chi connectivity index (χ1) is 9.36. The summed E-state index contributed by atoms with van der Waals surface area (Å²) >= 11 is 3.19. The highest BCUT2D eigenvalue weighted by atomic mass is 79.9. The number of nitrogens with zero attached hydrogens (tertiary/aromatic N) is 1. The maximum absolute atomic E-state index is 11.6. The Kier molecular flexibility index (Phi) is 4.10. The van der Waals surface area contributed by atoms with Crippen molar-refractivity contribution in [3.05, 3.63) is 38.3 Å². The number of rotatable bonds is 4. The van der Waals surface area contributed by atoms with E-state index in [1.807, 2.05) is 0 Å². The van der Waals surface area contributed by atoms with Gasteiger partial charge in [-0.05, 0) is 25.8 Å². The van der Waals surface area contributed by atoms with Crippen molar-refractivity contribution in [1.82, 2.24) is 0 Å². The van der Waals surface area contributed by atoms with Gasteiger partial charge in [-0.2, -0.15) is 0 Å². The van der Waals surface area contributed by atoms with Crippen molar-refractivity contribution in [2.24, 2.45) is 5.41 Å². The predicted molar refractivity (Wildman–Crippen MR) is 74.6 cm³/mol. The standard InChI is InChI=1S/C13H14BrNO5/c1-8-13(12(16)17,4-5-20-8)7-9-2-3-10(14)6-11(9)15(18)19/h2-3,6,8H,4-5,7H2,1H3,(H,16,17). The zero-order valence-electron chi connectivity index (χ0n) is 10.8. The van der Waals surface area contributed by atoms with Crippen LogP contribution >= 0.6 is 15.9 Å². The topological polar surface area (TPSA) is 89.7 Å². The van der Waals surface area contributed by atoms with Crippen LogP contribution in [0.4, 0.5) is 5.69 Å². The van der Waals surface area contributed by atoms with Crippen LogP contribution in [0.3, 0.4) is 0 Å². The van der Waals surface area contributed by atoms with Gasteiger partial charge in [0.1, 0.15) is 5.41 Å². The second kappa shape index (κ2) is 5.49. The molecule has 1 heterocycles. The number of halogens is 1. The van der Waals surface area contributed by atoms with Crippen molar-refractivity contribution in [3.8, 4) is 0 Å². The van der Waals surface area contributed by atoms with Crippen molar-refractivity contribution in [2.45, 2.75) is 25.9 Å². The van der Waals surface area contributed by atoms with Gasteiger partial charge in [0, 0.05) is 22.7 Å². The lowest BCUT2D eigenvalue weighted by molar-refractivity contribution is -0.385. The number of nitro benzene ring substituents is 1. The molecule has 0 aromatic heterocycles. The monoisotopic (exact) mass is 343 g/mol. The van der Waals surface area contributed by atoms with E-state index in [2.05, 4.69) is 15.9 Å². The minimum absolute atomic E-state index is 0.0703. The van der Waals surface area contributed by atoms with Gasteiger partial charge < -0.3 is 9.84 Å². The summed E-state index contributed by atoms with van der Waals surface area (Å²) in [4.78, 5) is 22.2. The summed E-state index contributed by atoms with van der Waals surface area (Å²) in [6, 6.07) is 4.67. The molecule has 1 fully saturated rings. The summed E-state index contributed by atoms with van der Waals surface area (Å²) in [5, 5.41) is 20.6. The van der Waals surface area contributed by atoms with E-state index in [4.69, 9.17) is 4.74 Å². The van der Waals surface area contributed by atoms with Gasteiger partial charge >= 0.3 is 5.97 Å². The lowest BCUT2D eigenvalue weighted by Crippen LogP contribution is -2.39. The number of carbonyl (C=O) groups is 1. The highest BCUT2D eigenvalue weighted by Crippen LogP contribution is 2.40. The van der Waals surface area contributed by atoms with Gasteiger partial charge in [-0.3, -0.25) is 14.9 Å². The van der Waals surface area contributed by atoms with Crippen molar-refractivity contribution in [2.75, 3.05) is 6.61 Å². The smallest absolute Gasteiger partial charge is 0.312 e. The minimum atomic E-state index is -1.10. The van der Waals surface area contributed by atoms with Crippen molar-refractivity contribution in [3.63, 3.8) is 0 Å². The fourth-order valence-electron chi connectivity index (χ4n) is 2.57. The van der Waals surface area contributed by atoms with Gasteiger partial charge in [0.2, 0.25) is 0 Å². The quantitative estimate of drug-likeness (QED) is 0.670. The summed E-state index contributed by atoms with van der Waals surface area (Å²) in [5.74, 6) is -0.972. The third-order valence-corrected chi connectivity index (χ3v) is 4.36. The maximum atomic E-state index is 11.6. The predicted octanol–water partition coefficient (Wildman–Crippen LogP) is 2.78. The molecule has 0 saturated carbocycles. The summed E-state index contributed by atoms with van der Waals surface area (Å²) in [6.07, 6.45) is -0.0210. The fraction of sp³-hybridized carbons (Fsp3) is 0.462. The van der Waals surface area contributed by atoms with Crippen LogP contribution in [0.2, 0.25) is 0 Å². The van der Waals surface area contributed by atoms with Gasteiger partial charge in [-0.15, -0.1) is 0 Å². The van der Waals surface area contributed by atoms with Crippen LogP contribution in [-0.2, 0) is 16.0 Å². The van der Waals surface area contributed by atoms with Crippen LogP contribution in [0.15, 0.2) is 22.7 Å². The first-order valence-corrected chi connectivity index (χ1v) is 6.94. The molecule has 108 valence electrons. The Morgan fingerprint density at radius 3 is 2.85 bits per heavy atom. The van der Waals surface area contributed by atoms with Crippen LogP contribution in [-0.4, -0.2) is 28.7 Å². The first kappa shape index (κ1) is 14.9. The summed E-state index contributed by atoms with van der Waals surface area (Å²) in [6.45, 7) is 2.06. The Labute approximate surface area is 124 Å². The summed E-state index contributed by atoms with van der Waals surface area (Å²) < 4.78 is 5.96. The van der Waals surface area contributed by atoms with Crippen LogP contribution < -0.4 is 0 Å². The molecule has 6 nitrogen and oxygen atoms in total. The summed E-state index contributed by atoms with van der Waals surface area (Å²) in [5.41, 5.74) is -0.754. The van der Waals surface area contributed by atoms with Crippen molar-refractivity contribution < 1.29 is 19.6 Å². The Morgan fingerprint density at radius 1 is 1.65 bits per heavy atom. The zero-order valence-corrected chi connectivity index (χ0v) is 12.4. The normalized spacial score (nSPS) is 25.6. The Bertz CT molecular complexity index is 562. The third-order valence-electron chi connectivity index (χ3n) is 3.87. The van der Waals surface area contributed by atoms with Gasteiger partial charge in [-0.1, -0.05) is 22.0 Å². The van der Waals surface area contributed by atoms with Gasteiger partial charge in [0.15, 0.2) is 0 Å². The molecule has 0 amide bonds. The molecule has 0 bridgehead atoms. The number of aliphatic carboxylic acids is 1. The molecule has 2 atom stereocenters. The van der Waals surface area contributed by atoms with Gasteiger partial charge in [-0.25, -0.2) is 0 Å². The van der Waals surface area contributed by atoms with Crippen LogP contribution in [0.1, 0.15) is 18.9 Å². The number of hydrogen-bond donors (Lipinski definition) is 1. The second-order valence-electron chi connectivity index (χ2n) is 4.93. The minimum Gasteiger partial charge on any atom is -0.481 e. The first-order valence-electron chi connectivity index (χ1n) is 6.14. The van der Waals surface area contributed by atoms with Crippen LogP contribution in [0.5, 0.6) is 0 Å². The summed E-state index contributed by atoms with van der Waals surface area (Å²) in [7, 11) is 0. The van der Waals surface area contributed by atoms with E-state index < -0.39 is 22.4 Å². The van der Waals surface area contributed by atoms with Crippen LogP contribution in [0, 0.1) is 15.5 Å². The molecular weight excluding hydrogens is 330 g/mol. The number of benzene rings is 1. The molecule has 1 aromatic rings. The van der Waals surface area contributed by atoms with E-state index in [0.29, 0.717) is 23.1 Å². The molecule has 2 rings (SSSR count). The van der Waals surface area contributed by atoms with Crippen LogP contribution in [0.25, 0.3) is 0 Å². The molecule has 0 radical (unpaired) electrons. The van der Waals surface area contributed by atoms with Gasteiger partial charge in [0.25, 0.3) is 5.69 Å². The average Bonchev–Trinajstić information content (AvgIpc) is 2.74. The van der Waals surface area contributed by atoms with Crippen molar-refractivity contribution in [1.29, 1.82) is 0 Å². The highest BCUT2D eigenvalue weighted by Gasteiger charge is 2.49. The lowest BCUT2D eigenvalue weighted by atomic mass is 9.76. The Balaban J connectivity index is 2.42. The van der Waals surface area contributed by atoms with E-state index in [0.717, 1.165) is 0 Å².